The van der Waals surface area contributed by atoms with Gasteiger partial charge in [0.05, 0.1) is 0 Å². The van der Waals surface area contributed by atoms with Crippen LogP contribution >= 0.6 is 23.1 Å². The third-order valence-electron chi connectivity index (χ3n) is 2.13. The molecule has 106 valence electrons. The average Bonchev–Trinajstić information content (AvgIpc) is 2.75. The van der Waals surface area contributed by atoms with Gasteiger partial charge in [-0.25, -0.2) is 0 Å². The molecule has 6 nitrogen and oxygen atoms in total. The van der Waals surface area contributed by atoms with Crippen LogP contribution in [0, 0.1) is 0 Å². The Bertz CT molecular complexity index is 448. The molecule has 0 saturated carbocycles. The molecule has 1 rings (SSSR count). The second kappa shape index (κ2) is 7.44. The Morgan fingerprint density at radius 1 is 1.26 bits per heavy atom. The third-order valence-corrected chi connectivity index (χ3v) is 4.32. The van der Waals surface area contributed by atoms with Gasteiger partial charge in [-0.05, 0) is 20.3 Å². The minimum atomic E-state index is -0.718. The van der Waals surface area contributed by atoms with Crippen LogP contribution in [0.3, 0.4) is 0 Å². The van der Waals surface area contributed by atoms with E-state index in [1.54, 1.807) is 25.6 Å². The first-order chi connectivity index (χ1) is 8.92. The van der Waals surface area contributed by atoms with E-state index in [1.165, 1.54) is 11.3 Å². The fraction of sp³-hybridized carbons (Fsp3) is 0.636. The number of amides is 2. The summed E-state index contributed by atoms with van der Waals surface area (Å²) in [5.41, 5.74) is 0. The van der Waals surface area contributed by atoms with Gasteiger partial charge in [-0.3, -0.25) is 14.9 Å². The van der Waals surface area contributed by atoms with Gasteiger partial charge in [-0.15, -0.1) is 10.2 Å². The van der Waals surface area contributed by atoms with Crippen molar-refractivity contribution < 1.29 is 9.59 Å². The molecule has 0 spiro atoms. The van der Waals surface area contributed by atoms with E-state index < -0.39 is 11.8 Å². The van der Waals surface area contributed by atoms with Gasteiger partial charge in [0.15, 0.2) is 4.34 Å². The maximum absolute atomic E-state index is 11.5. The van der Waals surface area contributed by atoms with Gasteiger partial charge in [-0.1, -0.05) is 36.9 Å². The first-order valence-electron chi connectivity index (χ1n) is 6.04. The summed E-state index contributed by atoms with van der Waals surface area (Å²) in [6.07, 6.45) is 1.03. The number of nitrogens with zero attached hydrogens (tertiary/aromatic N) is 2. The number of carbonyl (C=O) groups is 2. The van der Waals surface area contributed by atoms with Crippen molar-refractivity contribution in [1.82, 2.24) is 15.5 Å². The molecule has 0 aromatic carbocycles. The van der Waals surface area contributed by atoms with Crippen LogP contribution in [0.15, 0.2) is 4.34 Å². The Morgan fingerprint density at radius 2 is 1.95 bits per heavy atom. The van der Waals surface area contributed by atoms with Gasteiger partial charge in [-0.2, -0.15) is 0 Å². The lowest BCUT2D eigenvalue weighted by molar-refractivity contribution is -0.136. The number of hydrogen-bond acceptors (Lipinski definition) is 6. The molecule has 1 aromatic heterocycles. The zero-order valence-corrected chi connectivity index (χ0v) is 13.0. The number of hydrogen-bond donors (Lipinski definition) is 2. The number of thioether (sulfide) groups is 1. The summed E-state index contributed by atoms with van der Waals surface area (Å²) in [5.74, 6) is -1.38. The molecule has 0 unspecified atom stereocenters. The van der Waals surface area contributed by atoms with Gasteiger partial charge in [0.2, 0.25) is 5.13 Å². The van der Waals surface area contributed by atoms with Gasteiger partial charge in [0.25, 0.3) is 0 Å². The second-order valence-corrected chi connectivity index (χ2v) is 6.96. The monoisotopic (exact) mass is 302 g/mol. The lowest BCUT2D eigenvalue weighted by Crippen LogP contribution is -2.39. The number of carbonyl (C=O) groups excluding carboxylic acids is 2. The lowest BCUT2D eigenvalue weighted by atomic mass is 10.4. The summed E-state index contributed by atoms with van der Waals surface area (Å²) < 4.78 is 0.786. The van der Waals surface area contributed by atoms with E-state index in [1.807, 2.05) is 0 Å². The Kier molecular flexibility index (Phi) is 6.23. The quantitative estimate of drug-likeness (QED) is 0.493. The van der Waals surface area contributed by atoms with Crippen molar-refractivity contribution in [1.29, 1.82) is 0 Å². The van der Waals surface area contributed by atoms with Crippen molar-refractivity contribution in [2.24, 2.45) is 0 Å². The van der Waals surface area contributed by atoms with Crippen molar-refractivity contribution in [2.75, 3.05) is 5.32 Å². The number of anilines is 1. The molecule has 1 aromatic rings. The molecular formula is C11H18N4O2S2. The fourth-order valence-corrected chi connectivity index (χ4v) is 3.04. The predicted molar refractivity (Wildman–Crippen MR) is 77.4 cm³/mol. The minimum Gasteiger partial charge on any atom is -0.346 e. The molecule has 19 heavy (non-hydrogen) atoms. The summed E-state index contributed by atoms with van der Waals surface area (Å²) in [4.78, 5) is 23.0. The third kappa shape index (κ3) is 5.56. The van der Waals surface area contributed by atoms with E-state index in [2.05, 4.69) is 34.7 Å². The standard InChI is InChI=1S/C11H18N4O2S2/c1-5-7(4)18-11-15-14-10(19-11)13-9(17)8(16)12-6(2)3/h6-7H,5H2,1-4H3,(H,12,16)(H,13,14,17)/t7-/m1/s1. The number of nitrogens with one attached hydrogen (secondary N) is 2. The van der Waals surface area contributed by atoms with E-state index in [0.717, 1.165) is 10.8 Å². The minimum absolute atomic E-state index is 0.0795. The smallest absolute Gasteiger partial charge is 0.315 e. The molecule has 1 heterocycles. The summed E-state index contributed by atoms with van der Waals surface area (Å²) in [5, 5.41) is 13.5. The van der Waals surface area contributed by atoms with Crippen LogP contribution in [0.5, 0.6) is 0 Å². The molecule has 0 aliphatic heterocycles. The van der Waals surface area contributed by atoms with E-state index in [0.29, 0.717) is 10.4 Å². The van der Waals surface area contributed by atoms with Crippen molar-refractivity contribution in [3.63, 3.8) is 0 Å². The van der Waals surface area contributed by atoms with E-state index >= 15 is 0 Å². The highest BCUT2D eigenvalue weighted by Crippen LogP contribution is 2.29. The zero-order valence-electron chi connectivity index (χ0n) is 11.4. The fourth-order valence-electron chi connectivity index (χ4n) is 1.04. The Morgan fingerprint density at radius 3 is 2.53 bits per heavy atom. The van der Waals surface area contributed by atoms with Crippen molar-refractivity contribution in [3.8, 4) is 0 Å². The Hall–Kier alpha value is -1.15. The highest BCUT2D eigenvalue weighted by atomic mass is 32.2. The molecule has 8 heteroatoms. The summed E-state index contributed by atoms with van der Waals surface area (Å²) in [6.45, 7) is 7.77. The molecule has 0 radical (unpaired) electrons. The van der Waals surface area contributed by atoms with Gasteiger partial charge in [0, 0.05) is 11.3 Å². The summed E-state index contributed by atoms with van der Waals surface area (Å²) >= 11 is 2.87. The SMILES string of the molecule is CC[C@@H](C)Sc1nnc(NC(=O)C(=O)NC(C)C)s1. The van der Waals surface area contributed by atoms with Crippen molar-refractivity contribution in [2.45, 2.75) is 49.7 Å². The second-order valence-electron chi connectivity index (χ2n) is 4.29. The van der Waals surface area contributed by atoms with Crippen LogP contribution in [0.2, 0.25) is 0 Å². The number of rotatable bonds is 5. The number of aromatic nitrogens is 2. The molecule has 0 bridgehead atoms. The first-order valence-corrected chi connectivity index (χ1v) is 7.74. The largest absolute Gasteiger partial charge is 0.346 e. The van der Waals surface area contributed by atoms with E-state index in [9.17, 15) is 9.59 Å². The van der Waals surface area contributed by atoms with Gasteiger partial charge < -0.3 is 5.32 Å². The maximum atomic E-state index is 11.5. The topological polar surface area (TPSA) is 84.0 Å². The van der Waals surface area contributed by atoms with Crippen LogP contribution in [0.25, 0.3) is 0 Å². The molecule has 0 aliphatic rings. The zero-order chi connectivity index (χ0) is 14.4. The highest BCUT2D eigenvalue weighted by molar-refractivity contribution is 8.01. The molecule has 0 fully saturated rings. The lowest BCUT2D eigenvalue weighted by Gasteiger charge is -2.06. The molecule has 1 atom stereocenters. The molecule has 2 N–H and O–H groups in total. The van der Waals surface area contributed by atoms with Crippen LogP contribution in [0.1, 0.15) is 34.1 Å². The van der Waals surface area contributed by atoms with Crippen LogP contribution in [0.4, 0.5) is 5.13 Å². The normalized spacial score (nSPS) is 12.3. The van der Waals surface area contributed by atoms with Crippen molar-refractivity contribution >= 4 is 40.0 Å². The van der Waals surface area contributed by atoms with Crippen LogP contribution in [-0.2, 0) is 9.59 Å². The van der Waals surface area contributed by atoms with E-state index in [-0.39, 0.29) is 6.04 Å². The Labute approximate surface area is 120 Å². The van der Waals surface area contributed by atoms with Crippen molar-refractivity contribution in [3.05, 3.63) is 0 Å². The van der Waals surface area contributed by atoms with E-state index in [4.69, 9.17) is 0 Å². The van der Waals surface area contributed by atoms with Crippen LogP contribution < -0.4 is 10.6 Å². The summed E-state index contributed by atoms with van der Waals surface area (Å²) in [7, 11) is 0. The molecule has 0 saturated heterocycles. The average molecular weight is 302 g/mol. The maximum Gasteiger partial charge on any atom is 0.315 e. The molecular weight excluding hydrogens is 284 g/mol. The molecule has 2 amide bonds. The predicted octanol–water partition coefficient (Wildman–Crippen LogP) is 1.89. The molecule has 0 aliphatic carbocycles. The summed E-state index contributed by atoms with van der Waals surface area (Å²) in [6, 6.07) is -0.0795. The van der Waals surface area contributed by atoms with Gasteiger partial charge >= 0.3 is 11.8 Å². The van der Waals surface area contributed by atoms with Gasteiger partial charge in [0.1, 0.15) is 0 Å². The Balaban J connectivity index is 2.53. The van der Waals surface area contributed by atoms with Crippen LogP contribution in [-0.4, -0.2) is 33.3 Å². The highest BCUT2D eigenvalue weighted by Gasteiger charge is 2.17. The first kappa shape index (κ1) is 15.9.